The fourth-order valence-corrected chi connectivity index (χ4v) is 2.87. The zero-order chi connectivity index (χ0) is 13.8. The number of H-pyrrole nitrogens is 1. The summed E-state index contributed by atoms with van der Waals surface area (Å²) in [6.45, 7) is 0.484. The second-order valence-electron chi connectivity index (χ2n) is 3.93. The molecule has 8 heteroatoms. The molecule has 7 nitrogen and oxygen atoms in total. The van der Waals surface area contributed by atoms with Crippen LogP contribution in [0.25, 0.3) is 0 Å². The van der Waals surface area contributed by atoms with E-state index >= 15 is 0 Å². The van der Waals surface area contributed by atoms with Gasteiger partial charge in [-0.3, -0.25) is 4.79 Å². The molecule has 102 valence electrons. The average Bonchev–Trinajstić information content (AvgIpc) is 2.36. The van der Waals surface area contributed by atoms with E-state index in [1.165, 1.54) is 6.20 Å². The maximum atomic E-state index is 12.0. The van der Waals surface area contributed by atoms with E-state index in [1.807, 2.05) is 0 Å². The van der Waals surface area contributed by atoms with Gasteiger partial charge in [0.15, 0.2) is 0 Å². The quantitative estimate of drug-likeness (QED) is 0.519. The van der Waals surface area contributed by atoms with Crippen LogP contribution in [0.15, 0.2) is 28.2 Å². The van der Waals surface area contributed by atoms with Gasteiger partial charge in [0.05, 0.1) is 18.8 Å². The Balaban J connectivity index is 3.17. The van der Waals surface area contributed by atoms with Crippen molar-refractivity contribution in [2.75, 3.05) is 13.2 Å². The molecular formula is C10H16N2O5S. The average molecular weight is 276 g/mol. The van der Waals surface area contributed by atoms with Crippen molar-refractivity contribution >= 4 is 10.0 Å². The van der Waals surface area contributed by atoms with E-state index in [1.54, 1.807) is 6.92 Å². The first-order valence-corrected chi connectivity index (χ1v) is 6.82. The van der Waals surface area contributed by atoms with E-state index in [-0.39, 0.29) is 6.42 Å². The molecule has 0 unspecified atom stereocenters. The molecule has 1 aromatic heterocycles. The lowest BCUT2D eigenvalue weighted by Gasteiger charge is -2.28. The van der Waals surface area contributed by atoms with Crippen molar-refractivity contribution in [1.82, 2.24) is 9.71 Å². The number of aliphatic hydroxyl groups excluding tert-OH is 2. The number of nitrogens with one attached hydrogen (secondary N) is 2. The summed E-state index contributed by atoms with van der Waals surface area (Å²) in [5.41, 5.74) is -2.04. The third-order valence-electron chi connectivity index (χ3n) is 2.71. The maximum Gasteiger partial charge on any atom is 0.246 e. The molecule has 18 heavy (non-hydrogen) atoms. The highest BCUT2D eigenvalue weighted by Crippen LogP contribution is 2.13. The first-order valence-electron chi connectivity index (χ1n) is 5.33. The Morgan fingerprint density at radius 1 is 1.39 bits per heavy atom. The van der Waals surface area contributed by atoms with Gasteiger partial charge in [-0.25, -0.2) is 13.1 Å². The smallest absolute Gasteiger partial charge is 0.246 e. The first-order chi connectivity index (χ1) is 8.40. The van der Waals surface area contributed by atoms with E-state index in [0.717, 1.165) is 12.3 Å². The van der Waals surface area contributed by atoms with Crippen molar-refractivity contribution in [3.8, 4) is 0 Å². The predicted octanol–water partition coefficient (Wildman–Crippen LogP) is -1.21. The van der Waals surface area contributed by atoms with Crippen LogP contribution in [0.3, 0.4) is 0 Å². The van der Waals surface area contributed by atoms with Gasteiger partial charge in [-0.1, -0.05) is 6.92 Å². The summed E-state index contributed by atoms with van der Waals surface area (Å²) in [5, 5.41) is 18.4. The lowest BCUT2D eigenvalue weighted by molar-refractivity contribution is 0.105. The van der Waals surface area contributed by atoms with Crippen LogP contribution >= 0.6 is 0 Å². The van der Waals surface area contributed by atoms with Gasteiger partial charge in [0.2, 0.25) is 15.5 Å². The van der Waals surface area contributed by atoms with E-state index < -0.39 is 39.1 Å². The fourth-order valence-electron chi connectivity index (χ4n) is 1.36. The molecule has 0 radical (unpaired) electrons. The standard InChI is InChI=1S/C10H16N2O5S/c1-2-10(6-13,7-14)12-18(16,17)9-5-11-4-3-8(9)15/h3-5,12-14H,2,6-7H2,1H3,(H,11,15). The number of aromatic nitrogens is 1. The molecule has 1 rings (SSSR count). The summed E-state index contributed by atoms with van der Waals surface area (Å²) in [4.78, 5) is 13.5. The molecule has 0 aliphatic heterocycles. The lowest BCUT2D eigenvalue weighted by Crippen LogP contribution is -2.54. The number of hydrogen-bond donors (Lipinski definition) is 4. The minimum absolute atomic E-state index is 0.184. The van der Waals surface area contributed by atoms with Gasteiger partial charge in [0.25, 0.3) is 0 Å². The van der Waals surface area contributed by atoms with Gasteiger partial charge in [0.1, 0.15) is 4.90 Å². The third kappa shape index (κ3) is 2.96. The molecule has 4 N–H and O–H groups in total. The summed E-state index contributed by atoms with van der Waals surface area (Å²) in [7, 11) is -4.10. The van der Waals surface area contributed by atoms with Crippen molar-refractivity contribution in [1.29, 1.82) is 0 Å². The molecule has 1 heterocycles. The van der Waals surface area contributed by atoms with Crippen LogP contribution in [0.4, 0.5) is 0 Å². The SMILES string of the molecule is CCC(CO)(CO)NS(=O)(=O)c1c[nH]ccc1=O. The van der Waals surface area contributed by atoms with Gasteiger partial charge in [-0.05, 0) is 6.42 Å². The number of aliphatic hydroxyl groups is 2. The summed E-state index contributed by atoms with van der Waals surface area (Å²) in [6.07, 6.45) is 2.55. The Morgan fingerprint density at radius 2 is 2.00 bits per heavy atom. The minimum atomic E-state index is -4.10. The van der Waals surface area contributed by atoms with Crippen LogP contribution < -0.4 is 10.2 Å². The second kappa shape index (κ2) is 5.61. The molecule has 1 aromatic rings. The van der Waals surface area contributed by atoms with Crippen molar-refractivity contribution < 1.29 is 18.6 Å². The van der Waals surface area contributed by atoms with E-state index in [0.29, 0.717) is 0 Å². The van der Waals surface area contributed by atoms with Gasteiger partial charge >= 0.3 is 0 Å². The summed E-state index contributed by atoms with van der Waals surface area (Å²) >= 11 is 0. The molecule has 0 fully saturated rings. The van der Waals surface area contributed by atoms with Crippen LogP contribution in [0.2, 0.25) is 0 Å². The number of pyridine rings is 1. The van der Waals surface area contributed by atoms with Gasteiger partial charge in [-0.2, -0.15) is 0 Å². The molecule has 0 spiro atoms. The zero-order valence-corrected chi connectivity index (χ0v) is 10.7. The van der Waals surface area contributed by atoms with Gasteiger partial charge in [-0.15, -0.1) is 0 Å². The molecule has 0 saturated heterocycles. The Labute approximate surface area is 105 Å². The predicted molar refractivity (Wildman–Crippen MR) is 64.6 cm³/mol. The second-order valence-corrected chi connectivity index (χ2v) is 5.58. The number of hydrogen-bond acceptors (Lipinski definition) is 5. The minimum Gasteiger partial charge on any atom is -0.394 e. The summed E-state index contributed by atoms with van der Waals surface area (Å²) in [6, 6.07) is 1.08. The van der Waals surface area contributed by atoms with Crippen molar-refractivity contribution in [2.45, 2.75) is 23.8 Å². The number of sulfonamides is 1. The molecular weight excluding hydrogens is 260 g/mol. The molecule has 0 bridgehead atoms. The number of rotatable bonds is 6. The third-order valence-corrected chi connectivity index (χ3v) is 4.31. The lowest BCUT2D eigenvalue weighted by atomic mass is 10.0. The highest BCUT2D eigenvalue weighted by atomic mass is 32.2. The summed E-state index contributed by atoms with van der Waals surface area (Å²) in [5.74, 6) is 0. The van der Waals surface area contributed by atoms with Crippen LogP contribution in [0.1, 0.15) is 13.3 Å². The van der Waals surface area contributed by atoms with Gasteiger partial charge < -0.3 is 15.2 Å². The Morgan fingerprint density at radius 3 is 2.44 bits per heavy atom. The van der Waals surface area contributed by atoms with Crippen molar-refractivity contribution in [2.24, 2.45) is 0 Å². The molecule has 0 saturated carbocycles. The van der Waals surface area contributed by atoms with Crippen LogP contribution in [-0.2, 0) is 10.0 Å². The van der Waals surface area contributed by atoms with Crippen LogP contribution in [0, 0.1) is 0 Å². The maximum absolute atomic E-state index is 12.0. The summed E-state index contributed by atoms with van der Waals surface area (Å²) < 4.78 is 26.1. The Hall–Kier alpha value is -1.22. The molecule has 0 aliphatic rings. The zero-order valence-electron chi connectivity index (χ0n) is 9.88. The van der Waals surface area contributed by atoms with Crippen LogP contribution in [0.5, 0.6) is 0 Å². The highest BCUT2D eigenvalue weighted by Gasteiger charge is 2.33. The largest absolute Gasteiger partial charge is 0.394 e. The molecule has 0 atom stereocenters. The Bertz CT molecular complexity index is 539. The topological polar surface area (TPSA) is 119 Å². The van der Waals surface area contributed by atoms with Gasteiger partial charge in [0, 0.05) is 18.5 Å². The number of aromatic amines is 1. The van der Waals surface area contributed by atoms with E-state index in [4.69, 9.17) is 0 Å². The first kappa shape index (κ1) is 14.8. The van der Waals surface area contributed by atoms with Crippen LogP contribution in [-0.4, -0.2) is 42.4 Å². The monoisotopic (exact) mass is 276 g/mol. The normalized spacial score (nSPS) is 12.6. The van der Waals surface area contributed by atoms with E-state index in [9.17, 15) is 23.4 Å². The van der Waals surface area contributed by atoms with Crippen molar-refractivity contribution in [3.63, 3.8) is 0 Å². The molecule has 0 aromatic carbocycles. The van der Waals surface area contributed by atoms with E-state index in [2.05, 4.69) is 9.71 Å². The Kier molecular flexibility index (Phi) is 4.63. The highest BCUT2D eigenvalue weighted by molar-refractivity contribution is 7.89. The molecule has 0 amide bonds. The van der Waals surface area contributed by atoms with Crippen molar-refractivity contribution in [3.05, 3.63) is 28.7 Å². The fraction of sp³-hybridized carbons (Fsp3) is 0.500. The molecule has 0 aliphatic carbocycles.